The molecule has 0 fully saturated rings. The lowest BCUT2D eigenvalue weighted by molar-refractivity contribution is -0.116. The number of sulfonamides is 1. The van der Waals surface area contributed by atoms with Crippen LogP contribution in [0.5, 0.6) is 0 Å². The summed E-state index contributed by atoms with van der Waals surface area (Å²) in [5.74, 6) is -1.86. The topological polar surface area (TPSA) is 108 Å². The van der Waals surface area contributed by atoms with Crippen LogP contribution in [0.4, 0.5) is 15.8 Å². The number of hydrogen-bond donors (Lipinski definition) is 2. The van der Waals surface area contributed by atoms with Gasteiger partial charge in [-0.15, -0.1) is 0 Å². The van der Waals surface area contributed by atoms with Gasteiger partial charge in [-0.1, -0.05) is 6.07 Å². The first-order chi connectivity index (χ1) is 12.2. The summed E-state index contributed by atoms with van der Waals surface area (Å²) >= 11 is 0. The number of anilines is 2. The number of amides is 2. The molecule has 26 heavy (non-hydrogen) atoms. The largest absolute Gasteiger partial charge is 0.323 e. The molecule has 0 unspecified atom stereocenters. The molecule has 0 atom stereocenters. The molecule has 0 bridgehead atoms. The number of hydrogen-bond acceptors (Lipinski definition) is 5. The Morgan fingerprint density at radius 2 is 1.88 bits per heavy atom. The van der Waals surface area contributed by atoms with E-state index in [4.69, 9.17) is 0 Å². The summed E-state index contributed by atoms with van der Waals surface area (Å²) in [6.07, 6.45) is 2.41. The van der Waals surface area contributed by atoms with Crippen LogP contribution in [0.3, 0.4) is 0 Å². The van der Waals surface area contributed by atoms with E-state index in [1.165, 1.54) is 25.4 Å². The number of benzene rings is 1. The average Bonchev–Trinajstić information content (AvgIpc) is 2.57. The van der Waals surface area contributed by atoms with E-state index in [0.717, 1.165) is 22.7 Å². The van der Waals surface area contributed by atoms with Crippen molar-refractivity contribution in [3.8, 4) is 0 Å². The Labute approximate surface area is 150 Å². The van der Waals surface area contributed by atoms with Gasteiger partial charge in [-0.25, -0.2) is 12.8 Å². The van der Waals surface area contributed by atoms with Crippen molar-refractivity contribution in [1.82, 2.24) is 9.29 Å². The minimum absolute atomic E-state index is 0.00109. The van der Waals surface area contributed by atoms with Gasteiger partial charge in [0, 0.05) is 13.2 Å². The molecular formula is C16H17FN4O4S. The molecule has 2 N–H and O–H groups in total. The second kappa shape index (κ2) is 8.02. The van der Waals surface area contributed by atoms with Crippen LogP contribution < -0.4 is 10.6 Å². The number of pyridine rings is 1. The highest BCUT2D eigenvalue weighted by Gasteiger charge is 2.17. The van der Waals surface area contributed by atoms with E-state index in [1.807, 2.05) is 0 Å². The summed E-state index contributed by atoms with van der Waals surface area (Å²) in [4.78, 5) is 28.1. The number of likely N-dealkylation sites (N-methyl/N-ethyl adjacent to an activating group) is 1. The van der Waals surface area contributed by atoms with Gasteiger partial charge >= 0.3 is 0 Å². The van der Waals surface area contributed by atoms with Crippen LogP contribution in [0.2, 0.25) is 0 Å². The Morgan fingerprint density at radius 1 is 1.15 bits per heavy atom. The third-order valence-electron chi connectivity index (χ3n) is 3.33. The van der Waals surface area contributed by atoms with Gasteiger partial charge in [0.15, 0.2) is 0 Å². The Bertz CT molecular complexity index is 919. The molecule has 0 aliphatic heterocycles. The fraction of sp³-hybridized carbons (Fsp3) is 0.188. The van der Waals surface area contributed by atoms with Gasteiger partial charge in [0.2, 0.25) is 15.9 Å². The molecule has 0 radical (unpaired) electrons. The van der Waals surface area contributed by atoms with E-state index >= 15 is 0 Å². The van der Waals surface area contributed by atoms with Crippen LogP contribution in [-0.2, 0) is 14.8 Å². The standard InChI is InChI=1S/C16H17FN4O4S/c1-21(26(2,24)25)10-15(22)19-14-9-11(17)6-7-12(14)20-16(23)13-5-3-4-8-18-13/h3-9H,10H2,1-2H3,(H,19,22)(H,20,23). The Hall–Kier alpha value is -2.85. The quantitative estimate of drug-likeness (QED) is 0.785. The van der Waals surface area contributed by atoms with Crippen molar-refractivity contribution in [3.63, 3.8) is 0 Å². The summed E-state index contributed by atoms with van der Waals surface area (Å²) < 4.78 is 37.1. The highest BCUT2D eigenvalue weighted by molar-refractivity contribution is 7.88. The maximum absolute atomic E-state index is 13.5. The van der Waals surface area contributed by atoms with Crippen molar-refractivity contribution in [2.24, 2.45) is 0 Å². The summed E-state index contributed by atoms with van der Waals surface area (Å²) in [6.45, 7) is -0.455. The van der Waals surface area contributed by atoms with Gasteiger partial charge in [-0.05, 0) is 30.3 Å². The van der Waals surface area contributed by atoms with Gasteiger partial charge in [-0.3, -0.25) is 14.6 Å². The first kappa shape index (κ1) is 19.5. The van der Waals surface area contributed by atoms with Crippen LogP contribution in [0.15, 0.2) is 42.6 Å². The lowest BCUT2D eigenvalue weighted by Crippen LogP contribution is -2.34. The summed E-state index contributed by atoms with van der Waals surface area (Å²) in [5.41, 5.74) is 0.296. The molecule has 2 amide bonds. The Morgan fingerprint density at radius 3 is 2.50 bits per heavy atom. The minimum atomic E-state index is -3.54. The molecule has 138 valence electrons. The molecule has 0 spiro atoms. The number of carbonyl (C=O) groups excluding carboxylic acids is 2. The van der Waals surface area contributed by atoms with Crippen LogP contribution in [0, 0.1) is 5.82 Å². The van der Waals surface area contributed by atoms with Gasteiger partial charge in [0.1, 0.15) is 11.5 Å². The summed E-state index contributed by atoms with van der Waals surface area (Å²) in [5, 5.41) is 4.92. The zero-order valence-corrected chi connectivity index (χ0v) is 14.9. The second-order valence-corrected chi connectivity index (χ2v) is 7.52. The van der Waals surface area contributed by atoms with Crippen molar-refractivity contribution in [2.45, 2.75) is 0 Å². The molecule has 1 aromatic heterocycles. The van der Waals surface area contributed by atoms with E-state index in [9.17, 15) is 22.4 Å². The average molecular weight is 380 g/mol. The van der Waals surface area contributed by atoms with E-state index in [-0.39, 0.29) is 17.1 Å². The van der Waals surface area contributed by atoms with Crippen molar-refractivity contribution in [2.75, 3.05) is 30.5 Å². The van der Waals surface area contributed by atoms with Crippen LogP contribution in [0.1, 0.15) is 10.5 Å². The molecule has 2 rings (SSSR count). The van der Waals surface area contributed by atoms with Crippen molar-refractivity contribution in [3.05, 3.63) is 54.1 Å². The second-order valence-electron chi connectivity index (χ2n) is 5.43. The van der Waals surface area contributed by atoms with Gasteiger partial charge in [-0.2, -0.15) is 4.31 Å². The first-order valence-corrected chi connectivity index (χ1v) is 9.25. The molecule has 0 saturated carbocycles. The highest BCUT2D eigenvalue weighted by atomic mass is 32.2. The van der Waals surface area contributed by atoms with Crippen LogP contribution >= 0.6 is 0 Å². The summed E-state index contributed by atoms with van der Waals surface area (Å²) in [7, 11) is -2.30. The molecule has 0 saturated heterocycles. The zero-order valence-electron chi connectivity index (χ0n) is 14.1. The fourth-order valence-corrected chi connectivity index (χ4v) is 2.27. The van der Waals surface area contributed by atoms with Crippen molar-refractivity contribution in [1.29, 1.82) is 0 Å². The maximum Gasteiger partial charge on any atom is 0.274 e. The third kappa shape index (κ3) is 5.33. The van der Waals surface area contributed by atoms with Crippen LogP contribution in [0.25, 0.3) is 0 Å². The van der Waals surface area contributed by atoms with Crippen LogP contribution in [-0.4, -0.2) is 49.4 Å². The van der Waals surface area contributed by atoms with Gasteiger partial charge < -0.3 is 10.6 Å². The van der Waals surface area contributed by atoms with E-state index in [1.54, 1.807) is 12.1 Å². The molecule has 1 heterocycles. The monoisotopic (exact) mass is 380 g/mol. The highest BCUT2D eigenvalue weighted by Crippen LogP contribution is 2.23. The first-order valence-electron chi connectivity index (χ1n) is 7.40. The number of aromatic nitrogens is 1. The smallest absolute Gasteiger partial charge is 0.274 e. The molecule has 10 heteroatoms. The maximum atomic E-state index is 13.5. The number of carbonyl (C=O) groups is 2. The normalized spacial score (nSPS) is 11.2. The van der Waals surface area contributed by atoms with Crippen molar-refractivity contribution >= 4 is 33.2 Å². The van der Waals surface area contributed by atoms with E-state index in [0.29, 0.717) is 0 Å². The van der Waals surface area contributed by atoms with Gasteiger partial charge in [0.05, 0.1) is 24.2 Å². The predicted molar refractivity (Wildman–Crippen MR) is 94.7 cm³/mol. The van der Waals surface area contributed by atoms with Gasteiger partial charge in [0.25, 0.3) is 5.91 Å². The molecular weight excluding hydrogens is 363 g/mol. The summed E-state index contributed by atoms with van der Waals surface area (Å²) in [6, 6.07) is 8.21. The van der Waals surface area contributed by atoms with Crippen molar-refractivity contribution < 1.29 is 22.4 Å². The Kier molecular flexibility index (Phi) is 6.01. The third-order valence-corrected chi connectivity index (χ3v) is 4.60. The lowest BCUT2D eigenvalue weighted by Gasteiger charge is -2.16. The number of rotatable bonds is 6. The minimum Gasteiger partial charge on any atom is -0.323 e. The molecule has 0 aliphatic carbocycles. The molecule has 0 aliphatic rings. The molecule has 8 nitrogen and oxygen atoms in total. The number of halogens is 1. The molecule has 1 aromatic carbocycles. The fourth-order valence-electron chi connectivity index (χ4n) is 1.92. The zero-order chi connectivity index (χ0) is 19.3. The SMILES string of the molecule is CN(CC(=O)Nc1cc(F)ccc1NC(=O)c1ccccn1)S(C)(=O)=O. The predicted octanol–water partition coefficient (Wildman–Crippen LogP) is 1.30. The number of nitrogens with zero attached hydrogens (tertiary/aromatic N) is 2. The molecule has 2 aromatic rings. The Balaban J connectivity index is 2.17. The van der Waals surface area contributed by atoms with E-state index < -0.39 is 34.2 Å². The lowest BCUT2D eigenvalue weighted by atomic mass is 10.2. The van der Waals surface area contributed by atoms with E-state index in [2.05, 4.69) is 15.6 Å². The number of nitrogens with one attached hydrogen (secondary N) is 2.